The molecule has 7 heteroatoms. The molecule has 0 saturated carbocycles. The number of carbonyl (C=O) groups excluding carboxylic acids is 2. The first-order valence-electron chi connectivity index (χ1n) is 7.36. The summed E-state index contributed by atoms with van der Waals surface area (Å²) >= 11 is 3.42. The lowest BCUT2D eigenvalue weighted by Gasteiger charge is -2.12. The van der Waals surface area contributed by atoms with Gasteiger partial charge in [-0.25, -0.2) is 4.79 Å². The zero-order valence-corrected chi connectivity index (χ0v) is 14.9. The minimum atomic E-state index is -0.388. The lowest BCUT2D eigenvalue weighted by molar-refractivity contribution is -0.122. The van der Waals surface area contributed by atoms with Gasteiger partial charge in [0.2, 0.25) is 0 Å². The second-order valence-corrected chi connectivity index (χ2v) is 5.77. The van der Waals surface area contributed by atoms with E-state index in [4.69, 9.17) is 9.47 Å². The smallest absolute Gasteiger partial charge is 0.329 e. The number of benzene rings is 1. The summed E-state index contributed by atoms with van der Waals surface area (Å²) in [7, 11) is 1.56. The zero-order valence-electron chi connectivity index (χ0n) is 13.3. The molecule has 1 aromatic rings. The van der Waals surface area contributed by atoms with Crippen molar-refractivity contribution in [3.8, 4) is 11.5 Å². The molecule has 0 atom stereocenters. The van der Waals surface area contributed by atoms with Crippen molar-refractivity contribution in [2.24, 2.45) is 0 Å². The maximum absolute atomic E-state index is 12.2. The van der Waals surface area contributed by atoms with E-state index in [0.29, 0.717) is 29.1 Å². The van der Waals surface area contributed by atoms with E-state index in [9.17, 15) is 9.59 Å². The van der Waals surface area contributed by atoms with Gasteiger partial charge in [-0.05, 0) is 53.0 Å². The maximum atomic E-state index is 12.2. The number of amides is 3. The van der Waals surface area contributed by atoms with Gasteiger partial charge < -0.3 is 14.8 Å². The van der Waals surface area contributed by atoms with Crippen molar-refractivity contribution < 1.29 is 19.1 Å². The molecule has 1 saturated heterocycles. The average Bonchev–Trinajstić information content (AvgIpc) is 2.75. The SMILES string of the molecule is CCCN1C(=O)N/C(=C/c2cc(Br)c(OC)c(OCC)c2)C1=O. The van der Waals surface area contributed by atoms with Crippen LogP contribution in [0.1, 0.15) is 25.8 Å². The Bertz CT molecular complexity index is 658. The summed E-state index contributed by atoms with van der Waals surface area (Å²) in [4.78, 5) is 25.2. The summed E-state index contributed by atoms with van der Waals surface area (Å²) in [6.07, 6.45) is 2.34. The summed E-state index contributed by atoms with van der Waals surface area (Å²) in [6.45, 7) is 4.68. The van der Waals surface area contributed by atoms with Crippen LogP contribution in [0.3, 0.4) is 0 Å². The number of nitrogens with one attached hydrogen (secondary N) is 1. The van der Waals surface area contributed by atoms with Gasteiger partial charge >= 0.3 is 6.03 Å². The third-order valence-electron chi connectivity index (χ3n) is 3.26. The summed E-state index contributed by atoms with van der Waals surface area (Å²) in [5.74, 6) is 0.837. The predicted octanol–water partition coefficient (Wildman–Crippen LogP) is 3.16. The number of methoxy groups -OCH3 is 1. The van der Waals surface area contributed by atoms with Crippen LogP contribution in [-0.4, -0.2) is 37.1 Å². The molecule has 124 valence electrons. The molecule has 1 aliphatic heterocycles. The standard InChI is InChI=1S/C16H19BrN2O4/c1-4-6-19-15(20)12(18-16(19)21)8-10-7-11(17)14(22-3)13(9-10)23-5-2/h7-9H,4-6H2,1-3H3,(H,18,21)/b12-8+. The van der Waals surface area contributed by atoms with Crippen molar-refractivity contribution in [1.82, 2.24) is 10.2 Å². The lowest BCUT2D eigenvalue weighted by atomic mass is 10.1. The molecule has 1 N–H and O–H groups in total. The molecule has 0 spiro atoms. The van der Waals surface area contributed by atoms with Gasteiger partial charge in [-0.3, -0.25) is 9.69 Å². The molecule has 0 aliphatic carbocycles. The minimum absolute atomic E-state index is 0.253. The number of carbonyl (C=O) groups is 2. The number of ether oxygens (including phenoxy) is 2. The Kier molecular flexibility index (Phi) is 5.65. The topological polar surface area (TPSA) is 67.9 Å². The Morgan fingerprint density at radius 2 is 2.04 bits per heavy atom. The third kappa shape index (κ3) is 3.67. The van der Waals surface area contributed by atoms with Gasteiger partial charge in [-0.1, -0.05) is 6.92 Å². The highest BCUT2D eigenvalue weighted by molar-refractivity contribution is 9.10. The third-order valence-corrected chi connectivity index (χ3v) is 3.85. The van der Waals surface area contributed by atoms with Crippen LogP contribution in [0.25, 0.3) is 6.08 Å². The first-order chi connectivity index (χ1) is 11.0. The van der Waals surface area contributed by atoms with Crippen LogP contribution in [0.2, 0.25) is 0 Å². The van der Waals surface area contributed by atoms with E-state index in [1.807, 2.05) is 13.8 Å². The Balaban J connectivity index is 2.36. The Morgan fingerprint density at radius 1 is 1.30 bits per heavy atom. The molecular formula is C16H19BrN2O4. The Morgan fingerprint density at radius 3 is 2.65 bits per heavy atom. The molecule has 1 aliphatic rings. The highest BCUT2D eigenvalue weighted by Crippen LogP contribution is 2.37. The maximum Gasteiger partial charge on any atom is 0.329 e. The van der Waals surface area contributed by atoms with Crippen molar-refractivity contribution in [1.29, 1.82) is 0 Å². The van der Waals surface area contributed by atoms with Crippen molar-refractivity contribution in [2.45, 2.75) is 20.3 Å². The van der Waals surface area contributed by atoms with Crippen LogP contribution in [0.5, 0.6) is 11.5 Å². The Labute approximate surface area is 143 Å². The second-order valence-electron chi connectivity index (χ2n) is 4.91. The molecule has 2 rings (SSSR count). The number of urea groups is 1. The molecule has 23 heavy (non-hydrogen) atoms. The average molecular weight is 383 g/mol. The first kappa shape index (κ1) is 17.3. The van der Waals surface area contributed by atoms with Crippen LogP contribution in [0, 0.1) is 0 Å². The lowest BCUT2D eigenvalue weighted by Crippen LogP contribution is -2.31. The fourth-order valence-electron chi connectivity index (χ4n) is 2.30. The van der Waals surface area contributed by atoms with Gasteiger partial charge in [-0.2, -0.15) is 0 Å². The van der Waals surface area contributed by atoms with Crippen molar-refractivity contribution >= 4 is 33.9 Å². The zero-order chi connectivity index (χ0) is 17.0. The van der Waals surface area contributed by atoms with Crippen LogP contribution in [0.4, 0.5) is 4.79 Å². The van der Waals surface area contributed by atoms with E-state index in [1.165, 1.54) is 4.90 Å². The fourth-order valence-corrected chi connectivity index (χ4v) is 2.92. The van der Waals surface area contributed by atoms with Gasteiger partial charge in [-0.15, -0.1) is 0 Å². The van der Waals surface area contributed by atoms with Gasteiger partial charge in [0, 0.05) is 6.54 Å². The Hall–Kier alpha value is -2.02. The summed E-state index contributed by atoms with van der Waals surface area (Å²) < 4.78 is 11.6. The van der Waals surface area contributed by atoms with E-state index in [-0.39, 0.29) is 17.6 Å². The number of halogens is 1. The summed E-state index contributed by atoms with van der Waals surface area (Å²) in [5.41, 5.74) is 0.978. The van der Waals surface area contributed by atoms with Gasteiger partial charge in [0.15, 0.2) is 11.5 Å². The summed E-state index contributed by atoms with van der Waals surface area (Å²) in [5, 5.41) is 2.60. The number of nitrogens with zero attached hydrogens (tertiary/aromatic N) is 1. The van der Waals surface area contributed by atoms with Crippen molar-refractivity contribution in [3.63, 3.8) is 0 Å². The van der Waals surface area contributed by atoms with Crippen LogP contribution >= 0.6 is 15.9 Å². The molecular weight excluding hydrogens is 364 g/mol. The van der Waals surface area contributed by atoms with E-state index >= 15 is 0 Å². The minimum Gasteiger partial charge on any atom is -0.492 e. The van der Waals surface area contributed by atoms with E-state index in [2.05, 4.69) is 21.2 Å². The molecule has 1 heterocycles. The van der Waals surface area contributed by atoms with E-state index < -0.39 is 0 Å². The van der Waals surface area contributed by atoms with E-state index in [0.717, 1.165) is 12.0 Å². The van der Waals surface area contributed by atoms with Gasteiger partial charge in [0.05, 0.1) is 18.2 Å². The fraction of sp³-hybridized carbons (Fsp3) is 0.375. The highest BCUT2D eigenvalue weighted by atomic mass is 79.9. The second kappa shape index (κ2) is 7.50. The first-order valence-corrected chi connectivity index (χ1v) is 8.16. The molecule has 3 amide bonds. The van der Waals surface area contributed by atoms with Crippen molar-refractivity contribution in [2.75, 3.05) is 20.3 Å². The van der Waals surface area contributed by atoms with Crippen LogP contribution < -0.4 is 14.8 Å². The van der Waals surface area contributed by atoms with Gasteiger partial charge in [0.25, 0.3) is 5.91 Å². The largest absolute Gasteiger partial charge is 0.492 e. The molecule has 1 fully saturated rings. The van der Waals surface area contributed by atoms with E-state index in [1.54, 1.807) is 25.3 Å². The molecule has 0 unspecified atom stereocenters. The predicted molar refractivity (Wildman–Crippen MR) is 90.4 cm³/mol. The van der Waals surface area contributed by atoms with Crippen molar-refractivity contribution in [3.05, 3.63) is 27.9 Å². The number of rotatable bonds is 6. The van der Waals surface area contributed by atoms with Gasteiger partial charge in [0.1, 0.15) is 5.70 Å². The summed E-state index contributed by atoms with van der Waals surface area (Å²) in [6, 6.07) is 3.18. The number of hydrogen-bond donors (Lipinski definition) is 1. The molecule has 0 aromatic heterocycles. The molecule has 1 aromatic carbocycles. The monoisotopic (exact) mass is 382 g/mol. The molecule has 0 radical (unpaired) electrons. The molecule has 6 nitrogen and oxygen atoms in total. The van der Waals surface area contributed by atoms with Crippen LogP contribution in [0.15, 0.2) is 22.3 Å². The van der Waals surface area contributed by atoms with Crippen LogP contribution in [-0.2, 0) is 4.79 Å². The normalized spacial score (nSPS) is 16.0. The number of imide groups is 1. The quantitative estimate of drug-likeness (QED) is 0.605. The number of hydrogen-bond acceptors (Lipinski definition) is 4. The molecule has 0 bridgehead atoms. The highest BCUT2D eigenvalue weighted by Gasteiger charge is 2.32.